The molecular formula is C22H28FN3O4. The Balaban J connectivity index is 1.17. The fourth-order valence-electron chi connectivity index (χ4n) is 4.46. The van der Waals surface area contributed by atoms with Crippen LogP contribution in [-0.2, 0) is 22.6 Å². The van der Waals surface area contributed by atoms with Crippen molar-refractivity contribution in [3.8, 4) is 5.75 Å². The molecule has 2 aliphatic rings. The first-order valence-electron chi connectivity index (χ1n) is 10.6. The number of hydrogen-bond acceptors (Lipinski definition) is 7. The van der Waals surface area contributed by atoms with Crippen molar-refractivity contribution in [1.29, 1.82) is 0 Å². The molecule has 0 amide bonds. The Morgan fingerprint density at radius 1 is 1.33 bits per heavy atom. The summed E-state index contributed by atoms with van der Waals surface area (Å²) in [5.41, 5.74) is 0.404. The van der Waals surface area contributed by atoms with Crippen molar-refractivity contribution in [2.75, 3.05) is 31.7 Å². The fourth-order valence-corrected chi connectivity index (χ4v) is 4.46. The van der Waals surface area contributed by atoms with Gasteiger partial charge in [0, 0.05) is 32.7 Å². The van der Waals surface area contributed by atoms with E-state index in [0.29, 0.717) is 48.6 Å². The molecule has 30 heavy (non-hydrogen) atoms. The molecule has 1 aliphatic carbocycles. The number of benzene rings is 1. The number of nitrogens with zero attached hydrogens (tertiary/aromatic N) is 3. The molecule has 1 saturated carbocycles. The number of rotatable bonds is 10. The van der Waals surface area contributed by atoms with Crippen LogP contribution in [0.2, 0.25) is 0 Å². The number of methoxy groups -OCH3 is 1. The number of aromatic nitrogens is 2. The van der Waals surface area contributed by atoms with Crippen LogP contribution >= 0.6 is 0 Å². The number of carbonyl (C=O) groups excluding carboxylic acids is 1. The molecule has 2 unspecified atom stereocenters. The van der Waals surface area contributed by atoms with Crippen LogP contribution in [0, 0.1) is 23.6 Å². The predicted molar refractivity (Wildman–Crippen MR) is 108 cm³/mol. The third kappa shape index (κ3) is 4.98. The first-order chi connectivity index (χ1) is 14.7. The van der Waals surface area contributed by atoms with Crippen molar-refractivity contribution < 1.29 is 23.2 Å². The number of ether oxygens (including phenoxy) is 2. The fraction of sp³-hybridized carbons (Fsp3) is 0.591. The standard InChI is InChI=1S/C22H28FN3O4/c1-28-14-21-24-22(30-25-21)26-8-4-15(5-9-26)19-12-17(19)7-11-29-18-3-2-16(6-10-27)20(23)13-18/h2-3,10,13,15,17,19H,4-9,11-12,14H2,1H3. The number of aldehydes is 1. The molecule has 2 atom stereocenters. The Morgan fingerprint density at radius 2 is 2.17 bits per heavy atom. The van der Waals surface area contributed by atoms with Crippen LogP contribution in [0.15, 0.2) is 22.7 Å². The zero-order valence-electron chi connectivity index (χ0n) is 17.3. The molecule has 0 radical (unpaired) electrons. The van der Waals surface area contributed by atoms with Crippen molar-refractivity contribution >= 4 is 12.3 Å². The van der Waals surface area contributed by atoms with Crippen LogP contribution in [0.1, 0.15) is 37.1 Å². The molecule has 1 saturated heterocycles. The number of carbonyl (C=O) groups is 1. The van der Waals surface area contributed by atoms with Crippen LogP contribution in [0.3, 0.4) is 0 Å². The summed E-state index contributed by atoms with van der Waals surface area (Å²) in [6.07, 6.45) is 5.31. The highest BCUT2D eigenvalue weighted by atomic mass is 19.1. The molecule has 7 nitrogen and oxygen atoms in total. The Morgan fingerprint density at radius 3 is 2.90 bits per heavy atom. The van der Waals surface area contributed by atoms with E-state index < -0.39 is 0 Å². The summed E-state index contributed by atoms with van der Waals surface area (Å²) < 4.78 is 30.0. The van der Waals surface area contributed by atoms with Crippen molar-refractivity contribution in [3.05, 3.63) is 35.4 Å². The second kappa shape index (κ2) is 9.55. The van der Waals surface area contributed by atoms with Gasteiger partial charge < -0.3 is 23.7 Å². The van der Waals surface area contributed by atoms with Gasteiger partial charge in [0.2, 0.25) is 0 Å². The van der Waals surface area contributed by atoms with E-state index in [0.717, 1.165) is 44.2 Å². The van der Waals surface area contributed by atoms with Gasteiger partial charge in [-0.05, 0) is 55.1 Å². The van der Waals surface area contributed by atoms with Crippen LogP contribution in [0.25, 0.3) is 0 Å². The summed E-state index contributed by atoms with van der Waals surface area (Å²) in [5, 5.41) is 3.93. The Bertz CT molecular complexity index is 851. The Labute approximate surface area is 175 Å². The smallest absolute Gasteiger partial charge is 0.324 e. The average Bonchev–Trinajstić information content (AvgIpc) is 3.37. The highest BCUT2D eigenvalue weighted by Gasteiger charge is 2.43. The Kier molecular flexibility index (Phi) is 6.62. The summed E-state index contributed by atoms with van der Waals surface area (Å²) in [7, 11) is 1.61. The minimum absolute atomic E-state index is 0.0928. The number of piperidine rings is 1. The summed E-state index contributed by atoms with van der Waals surface area (Å²) in [5.74, 6) is 2.90. The first kappa shape index (κ1) is 20.8. The van der Waals surface area contributed by atoms with Gasteiger partial charge in [-0.2, -0.15) is 4.98 Å². The Hall–Kier alpha value is -2.48. The summed E-state index contributed by atoms with van der Waals surface area (Å²) in [6, 6.07) is 5.31. The molecule has 1 aliphatic heterocycles. The molecule has 2 aromatic rings. The second-order valence-corrected chi connectivity index (χ2v) is 8.17. The lowest BCUT2D eigenvalue weighted by atomic mass is 9.90. The van der Waals surface area contributed by atoms with E-state index in [-0.39, 0.29) is 12.2 Å². The van der Waals surface area contributed by atoms with Crippen LogP contribution in [-0.4, -0.2) is 43.2 Å². The predicted octanol–water partition coefficient (Wildman–Crippen LogP) is 3.42. The van der Waals surface area contributed by atoms with Crippen LogP contribution < -0.4 is 9.64 Å². The summed E-state index contributed by atoms with van der Waals surface area (Å²) in [6.45, 7) is 2.83. The number of anilines is 1. The largest absolute Gasteiger partial charge is 0.493 e. The quantitative estimate of drug-likeness (QED) is 0.548. The normalized spacial score (nSPS) is 21.6. The molecule has 2 fully saturated rings. The van der Waals surface area contributed by atoms with Gasteiger partial charge in [0.05, 0.1) is 6.61 Å². The van der Waals surface area contributed by atoms with Crippen molar-refractivity contribution in [2.45, 2.75) is 38.7 Å². The highest BCUT2D eigenvalue weighted by molar-refractivity contribution is 5.55. The molecule has 0 N–H and O–H groups in total. The molecule has 162 valence electrons. The molecule has 8 heteroatoms. The van der Waals surface area contributed by atoms with E-state index in [1.165, 1.54) is 12.5 Å². The van der Waals surface area contributed by atoms with E-state index >= 15 is 0 Å². The van der Waals surface area contributed by atoms with Crippen molar-refractivity contribution in [1.82, 2.24) is 10.1 Å². The van der Waals surface area contributed by atoms with Gasteiger partial charge in [0.25, 0.3) is 0 Å². The number of hydrogen-bond donors (Lipinski definition) is 0. The average molecular weight is 417 g/mol. The molecule has 1 aromatic carbocycles. The van der Waals surface area contributed by atoms with Gasteiger partial charge in [-0.1, -0.05) is 11.2 Å². The van der Waals surface area contributed by atoms with Crippen molar-refractivity contribution in [2.24, 2.45) is 17.8 Å². The van der Waals surface area contributed by atoms with Gasteiger partial charge in [-0.25, -0.2) is 4.39 Å². The first-order valence-corrected chi connectivity index (χ1v) is 10.6. The number of halogens is 1. The lowest BCUT2D eigenvalue weighted by molar-refractivity contribution is -0.107. The van der Waals surface area contributed by atoms with Crippen LogP contribution in [0.4, 0.5) is 10.4 Å². The lowest BCUT2D eigenvalue weighted by Crippen LogP contribution is -2.34. The van der Waals surface area contributed by atoms with Gasteiger partial charge in [-0.3, -0.25) is 0 Å². The van der Waals surface area contributed by atoms with E-state index in [9.17, 15) is 9.18 Å². The van der Waals surface area contributed by atoms with E-state index in [1.807, 2.05) is 0 Å². The van der Waals surface area contributed by atoms with Gasteiger partial charge in [0.15, 0.2) is 5.82 Å². The van der Waals surface area contributed by atoms with Crippen LogP contribution in [0.5, 0.6) is 5.75 Å². The van der Waals surface area contributed by atoms with Gasteiger partial charge in [0.1, 0.15) is 24.5 Å². The SMILES string of the molecule is COCc1noc(N2CCC(C3CC3CCOc3ccc(CC=O)c(F)c3)CC2)n1. The maximum atomic E-state index is 13.9. The zero-order valence-corrected chi connectivity index (χ0v) is 17.3. The highest BCUT2D eigenvalue weighted by Crippen LogP contribution is 2.49. The molecule has 2 heterocycles. The van der Waals surface area contributed by atoms with Crippen molar-refractivity contribution in [3.63, 3.8) is 0 Å². The maximum absolute atomic E-state index is 13.9. The minimum atomic E-state index is -0.383. The second-order valence-electron chi connectivity index (χ2n) is 8.17. The zero-order chi connectivity index (χ0) is 20.9. The topological polar surface area (TPSA) is 77.7 Å². The van der Waals surface area contributed by atoms with Gasteiger partial charge in [-0.15, -0.1) is 0 Å². The van der Waals surface area contributed by atoms with Gasteiger partial charge >= 0.3 is 6.01 Å². The third-order valence-electron chi connectivity index (χ3n) is 6.21. The molecule has 0 bridgehead atoms. The monoisotopic (exact) mass is 417 g/mol. The molecule has 0 spiro atoms. The molecule has 1 aromatic heterocycles. The molecule has 4 rings (SSSR count). The molecular weight excluding hydrogens is 389 g/mol. The maximum Gasteiger partial charge on any atom is 0.324 e. The van der Waals surface area contributed by atoms with E-state index in [4.69, 9.17) is 14.0 Å². The minimum Gasteiger partial charge on any atom is -0.493 e. The third-order valence-corrected chi connectivity index (χ3v) is 6.21. The summed E-state index contributed by atoms with van der Waals surface area (Å²) >= 11 is 0. The summed E-state index contributed by atoms with van der Waals surface area (Å²) in [4.78, 5) is 17.1. The lowest BCUT2D eigenvalue weighted by Gasteiger charge is -2.30. The van der Waals surface area contributed by atoms with E-state index in [2.05, 4.69) is 15.0 Å². The van der Waals surface area contributed by atoms with E-state index in [1.54, 1.807) is 19.2 Å².